The van der Waals surface area contributed by atoms with Crippen molar-refractivity contribution in [3.63, 3.8) is 0 Å². The molecule has 0 radical (unpaired) electrons. The van der Waals surface area contributed by atoms with Crippen LogP contribution in [0.2, 0.25) is 0 Å². The lowest BCUT2D eigenvalue weighted by Gasteiger charge is -2.24. The van der Waals surface area contributed by atoms with Gasteiger partial charge in [-0.3, -0.25) is 14.4 Å². The third-order valence-electron chi connectivity index (χ3n) is 5.87. The van der Waals surface area contributed by atoms with Crippen molar-refractivity contribution in [1.82, 2.24) is 9.47 Å². The van der Waals surface area contributed by atoms with Gasteiger partial charge in [-0.25, -0.2) is 4.39 Å². The minimum Gasteiger partial charge on any atom is -0.391 e. The number of aromatic nitrogens is 1. The van der Waals surface area contributed by atoms with Crippen LogP contribution in [0.4, 0.5) is 10.1 Å². The first kappa shape index (κ1) is 21.7. The number of anilines is 1. The Kier molecular flexibility index (Phi) is 5.80. The maximum atomic E-state index is 13.9. The van der Waals surface area contributed by atoms with Crippen LogP contribution in [0.25, 0.3) is 10.9 Å². The van der Waals surface area contributed by atoms with Crippen molar-refractivity contribution >= 4 is 28.4 Å². The average Bonchev–Trinajstić information content (AvgIpc) is 3.16. The Morgan fingerprint density at radius 1 is 1.19 bits per heavy atom. The predicted octanol–water partition coefficient (Wildman–Crippen LogP) is 2.13. The molecule has 2 N–H and O–H groups in total. The number of likely N-dealkylation sites (tertiary alicyclic amines) is 1. The van der Waals surface area contributed by atoms with Crippen molar-refractivity contribution in [2.45, 2.75) is 31.9 Å². The Morgan fingerprint density at radius 3 is 2.69 bits per heavy atom. The first-order valence-corrected chi connectivity index (χ1v) is 10.4. The SMILES string of the molecule is Cc1cc2cc(NC(=O)C3CC(O)CN3C(=O)Cc3ccccc3F)ccc2n(C)c1=O. The zero-order valence-corrected chi connectivity index (χ0v) is 17.8. The number of rotatable bonds is 4. The van der Waals surface area contributed by atoms with E-state index in [2.05, 4.69) is 5.32 Å². The van der Waals surface area contributed by atoms with Crippen molar-refractivity contribution in [3.05, 3.63) is 75.8 Å². The fraction of sp³-hybridized carbons (Fsp3) is 0.292. The van der Waals surface area contributed by atoms with Gasteiger partial charge in [0, 0.05) is 36.7 Å². The Labute approximate surface area is 184 Å². The first-order valence-electron chi connectivity index (χ1n) is 10.4. The molecule has 1 aliphatic heterocycles. The summed E-state index contributed by atoms with van der Waals surface area (Å²) in [5.41, 5.74) is 2.00. The second-order valence-electron chi connectivity index (χ2n) is 8.17. The van der Waals surface area contributed by atoms with Crippen LogP contribution in [-0.4, -0.2) is 45.1 Å². The van der Waals surface area contributed by atoms with E-state index in [1.165, 1.54) is 17.0 Å². The van der Waals surface area contributed by atoms with Gasteiger partial charge in [-0.2, -0.15) is 0 Å². The molecule has 3 aromatic rings. The number of nitrogens with zero attached hydrogens (tertiary/aromatic N) is 2. The summed E-state index contributed by atoms with van der Waals surface area (Å²) >= 11 is 0. The Hall–Kier alpha value is -3.52. The van der Waals surface area contributed by atoms with E-state index in [9.17, 15) is 23.9 Å². The smallest absolute Gasteiger partial charge is 0.253 e. The molecule has 1 aromatic heterocycles. The van der Waals surface area contributed by atoms with E-state index in [1.54, 1.807) is 54.9 Å². The Bertz CT molecular complexity index is 1270. The third kappa shape index (κ3) is 4.13. The van der Waals surface area contributed by atoms with Gasteiger partial charge in [0.15, 0.2) is 0 Å². The van der Waals surface area contributed by atoms with Crippen LogP contribution in [0, 0.1) is 12.7 Å². The molecule has 0 aliphatic carbocycles. The van der Waals surface area contributed by atoms with Crippen LogP contribution in [0.5, 0.6) is 0 Å². The van der Waals surface area contributed by atoms with Crippen molar-refractivity contribution in [3.8, 4) is 0 Å². The van der Waals surface area contributed by atoms with Gasteiger partial charge in [0.2, 0.25) is 11.8 Å². The van der Waals surface area contributed by atoms with Gasteiger partial charge in [-0.15, -0.1) is 0 Å². The molecule has 4 rings (SSSR count). The number of amides is 2. The number of carbonyl (C=O) groups is 2. The monoisotopic (exact) mass is 437 g/mol. The molecule has 0 bridgehead atoms. The lowest BCUT2D eigenvalue weighted by atomic mass is 10.1. The van der Waals surface area contributed by atoms with Crippen LogP contribution in [0.15, 0.2) is 53.3 Å². The van der Waals surface area contributed by atoms with Gasteiger partial charge >= 0.3 is 0 Å². The van der Waals surface area contributed by atoms with Crippen molar-refractivity contribution in [2.24, 2.45) is 7.05 Å². The number of aliphatic hydroxyl groups is 1. The summed E-state index contributed by atoms with van der Waals surface area (Å²) in [4.78, 5) is 39.2. The van der Waals surface area contributed by atoms with Crippen molar-refractivity contribution in [1.29, 1.82) is 0 Å². The van der Waals surface area contributed by atoms with Crippen LogP contribution in [0.1, 0.15) is 17.5 Å². The highest BCUT2D eigenvalue weighted by molar-refractivity contribution is 5.99. The number of carbonyl (C=O) groups excluding carboxylic acids is 2. The van der Waals surface area contributed by atoms with Crippen molar-refractivity contribution < 1.29 is 19.1 Å². The van der Waals surface area contributed by atoms with Gasteiger partial charge in [0.25, 0.3) is 5.56 Å². The van der Waals surface area contributed by atoms with Gasteiger partial charge < -0.3 is 19.9 Å². The summed E-state index contributed by atoms with van der Waals surface area (Å²) in [6, 6.07) is 12.1. The molecule has 0 saturated carbocycles. The number of β-amino-alcohol motifs (C(OH)–C–C–N with tert-alkyl or cyclic N) is 1. The highest BCUT2D eigenvalue weighted by Gasteiger charge is 2.38. The molecule has 1 fully saturated rings. The number of aliphatic hydroxyl groups excluding tert-OH is 1. The number of hydrogen-bond acceptors (Lipinski definition) is 4. The molecule has 0 spiro atoms. The number of nitrogens with one attached hydrogen (secondary N) is 1. The second kappa shape index (κ2) is 8.55. The largest absolute Gasteiger partial charge is 0.391 e. The maximum Gasteiger partial charge on any atom is 0.253 e. The molecule has 2 aromatic carbocycles. The fourth-order valence-corrected chi connectivity index (χ4v) is 4.19. The molecule has 1 saturated heterocycles. The van der Waals surface area contributed by atoms with E-state index in [-0.39, 0.29) is 30.5 Å². The number of halogens is 1. The fourth-order valence-electron chi connectivity index (χ4n) is 4.19. The number of hydrogen-bond donors (Lipinski definition) is 2. The summed E-state index contributed by atoms with van der Waals surface area (Å²) < 4.78 is 15.5. The highest BCUT2D eigenvalue weighted by Crippen LogP contribution is 2.23. The minimum atomic E-state index is -0.859. The summed E-state index contributed by atoms with van der Waals surface area (Å²) in [6.45, 7) is 1.75. The van der Waals surface area contributed by atoms with Crippen LogP contribution >= 0.6 is 0 Å². The molecular weight excluding hydrogens is 413 g/mol. The standard InChI is InChI=1S/C24H24FN3O4/c1-14-9-16-10-17(7-8-20(16)27(2)24(14)32)26-23(31)21-12-18(29)13-28(21)22(30)11-15-5-3-4-6-19(15)25/h3-10,18,21,29H,11-13H2,1-2H3,(H,26,31). The first-order chi connectivity index (χ1) is 15.2. The van der Waals surface area contributed by atoms with Crippen LogP contribution in [-0.2, 0) is 23.1 Å². The maximum absolute atomic E-state index is 13.9. The predicted molar refractivity (Wildman–Crippen MR) is 119 cm³/mol. The lowest BCUT2D eigenvalue weighted by Crippen LogP contribution is -2.44. The van der Waals surface area contributed by atoms with Crippen molar-refractivity contribution in [2.75, 3.05) is 11.9 Å². The molecule has 2 unspecified atom stereocenters. The topological polar surface area (TPSA) is 91.6 Å². The lowest BCUT2D eigenvalue weighted by molar-refractivity contribution is -0.136. The molecule has 32 heavy (non-hydrogen) atoms. The Morgan fingerprint density at radius 2 is 1.94 bits per heavy atom. The highest BCUT2D eigenvalue weighted by atomic mass is 19.1. The van der Waals surface area contributed by atoms with Crippen LogP contribution < -0.4 is 10.9 Å². The molecule has 1 aliphatic rings. The van der Waals surface area contributed by atoms with E-state index in [0.717, 1.165) is 10.9 Å². The second-order valence-corrected chi connectivity index (χ2v) is 8.17. The normalized spacial score (nSPS) is 18.2. The van der Waals surface area contributed by atoms with Gasteiger partial charge in [-0.05, 0) is 42.8 Å². The molecular formula is C24H24FN3O4. The molecule has 2 amide bonds. The number of aryl methyl sites for hydroxylation is 2. The Balaban J connectivity index is 1.54. The van der Waals surface area contributed by atoms with E-state index in [4.69, 9.17) is 0 Å². The van der Waals surface area contributed by atoms with Gasteiger partial charge in [0.05, 0.1) is 18.0 Å². The number of fused-ring (bicyclic) bond motifs is 1. The molecule has 2 atom stereocenters. The van der Waals surface area contributed by atoms with Gasteiger partial charge in [-0.1, -0.05) is 18.2 Å². The third-order valence-corrected chi connectivity index (χ3v) is 5.87. The van der Waals surface area contributed by atoms with E-state index >= 15 is 0 Å². The van der Waals surface area contributed by atoms with E-state index < -0.39 is 29.8 Å². The average molecular weight is 437 g/mol. The minimum absolute atomic E-state index is 0.0183. The van der Waals surface area contributed by atoms with Gasteiger partial charge in [0.1, 0.15) is 11.9 Å². The van der Waals surface area contributed by atoms with E-state index in [0.29, 0.717) is 11.3 Å². The molecule has 8 heteroatoms. The zero-order chi connectivity index (χ0) is 23.0. The summed E-state index contributed by atoms with van der Waals surface area (Å²) in [5, 5.41) is 13.7. The summed E-state index contributed by atoms with van der Waals surface area (Å²) in [5.74, 6) is -1.33. The number of pyridine rings is 1. The molecule has 166 valence electrons. The summed E-state index contributed by atoms with van der Waals surface area (Å²) in [6.07, 6.45) is -0.910. The number of benzene rings is 2. The summed E-state index contributed by atoms with van der Waals surface area (Å²) in [7, 11) is 1.69. The molecule has 7 nitrogen and oxygen atoms in total. The van der Waals surface area contributed by atoms with E-state index in [1.807, 2.05) is 0 Å². The quantitative estimate of drug-likeness (QED) is 0.654. The molecule has 2 heterocycles. The van der Waals surface area contributed by atoms with Crippen LogP contribution in [0.3, 0.4) is 0 Å². The zero-order valence-electron chi connectivity index (χ0n) is 17.8.